The summed E-state index contributed by atoms with van der Waals surface area (Å²) in [5.74, 6) is 0.776. The van der Waals surface area contributed by atoms with Gasteiger partial charge in [-0.1, -0.05) is 17.3 Å². The molecule has 1 N–H and O–H groups in total. The molecule has 5 rings (SSSR count). The second-order valence-corrected chi connectivity index (χ2v) is 9.18. The van der Waals surface area contributed by atoms with Crippen LogP contribution < -0.4 is 5.32 Å². The number of hydrogen-bond donors (Lipinski definition) is 1. The van der Waals surface area contributed by atoms with Crippen LogP contribution in [0.1, 0.15) is 60.0 Å². The molecule has 184 valence electrons. The second kappa shape index (κ2) is 9.53. The van der Waals surface area contributed by atoms with Gasteiger partial charge >= 0.3 is 12.2 Å². The maximum Gasteiger partial charge on any atom is 0.416 e. The van der Waals surface area contributed by atoms with Crippen LogP contribution in [-0.4, -0.2) is 71.9 Å². The molecule has 3 fully saturated rings. The molecule has 4 heterocycles. The summed E-state index contributed by atoms with van der Waals surface area (Å²) in [4.78, 5) is 21.4. The number of nitrogens with one attached hydrogen (secondary N) is 1. The van der Waals surface area contributed by atoms with Crippen molar-refractivity contribution in [2.45, 2.75) is 43.3 Å². The molecule has 0 radical (unpaired) electrons. The average Bonchev–Trinajstić information content (AvgIpc) is 3.56. The number of morpholine rings is 1. The molecule has 3 unspecified atom stereocenters. The fourth-order valence-electron chi connectivity index (χ4n) is 5.03. The van der Waals surface area contributed by atoms with Crippen molar-refractivity contribution in [1.82, 2.24) is 25.3 Å². The normalized spacial score (nSPS) is 26.1. The molecule has 11 heteroatoms. The van der Waals surface area contributed by atoms with Crippen molar-refractivity contribution in [1.29, 1.82) is 0 Å². The molecule has 0 aliphatic carbocycles. The molecule has 3 aliphatic rings. The number of rotatable bonds is 3. The first kappa shape index (κ1) is 23.1. The lowest BCUT2D eigenvalue weighted by molar-refractivity contribution is -0.137. The number of amides is 2. The van der Waals surface area contributed by atoms with Crippen LogP contribution in [0, 0.1) is 0 Å². The Morgan fingerprint density at radius 3 is 2.47 bits per heavy atom. The van der Waals surface area contributed by atoms with Crippen LogP contribution in [0.2, 0.25) is 0 Å². The number of benzene rings is 1. The molecule has 34 heavy (non-hydrogen) atoms. The summed E-state index contributed by atoms with van der Waals surface area (Å²) < 4.78 is 50.0. The van der Waals surface area contributed by atoms with Crippen LogP contribution in [0.5, 0.6) is 0 Å². The first-order valence-corrected chi connectivity index (χ1v) is 11.7. The maximum absolute atomic E-state index is 13.3. The number of carbonyl (C=O) groups excluding carboxylic acids is 1. The number of ether oxygens (including phenoxy) is 1. The van der Waals surface area contributed by atoms with Gasteiger partial charge in [0, 0.05) is 38.0 Å². The fraction of sp³-hybridized carbons (Fsp3) is 0.609. The standard InChI is InChI=1S/C23H28F3N5O3/c24-23(25,26)18-5-3-15(4-6-18)16-12-17(20-28-21(34-29-20)19-2-1-7-27-19)14-31(13-16)22(32)30-8-10-33-11-9-30/h3-6,16-17,19,27H,1-2,7-14H2. The van der Waals surface area contributed by atoms with E-state index >= 15 is 0 Å². The van der Waals surface area contributed by atoms with E-state index < -0.39 is 11.7 Å². The van der Waals surface area contributed by atoms with E-state index in [-0.39, 0.29) is 23.9 Å². The van der Waals surface area contributed by atoms with Gasteiger partial charge in [0.1, 0.15) is 0 Å². The Balaban J connectivity index is 1.39. The van der Waals surface area contributed by atoms with E-state index in [1.807, 2.05) is 0 Å². The van der Waals surface area contributed by atoms with E-state index in [0.717, 1.165) is 37.1 Å². The summed E-state index contributed by atoms with van der Waals surface area (Å²) in [6.07, 6.45) is -1.79. The Labute approximate surface area is 195 Å². The zero-order valence-corrected chi connectivity index (χ0v) is 18.8. The Morgan fingerprint density at radius 2 is 1.79 bits per heavy atom. The molecule has 0 bridgehead atoms. The highest BCUT2D eigenvalue weighted by Gasteiger charge is 2.37. The topological polar surface area (TPSA) is 83.7 Å². The van der Waals surface area contributed by atoms with Gasteiger partial charge in [0.2, 0.25) is 5.89 Å². The van der Waals surface area contributed by atoms with Crippen molar-refractivity contribution in [3.8, 4) is 0 Å². The Bertz CT molecular complexity index is 984. The van der Waals surface area contributed by atoms with E-state index in [1.54, 1.807) is 9.80 Å². The third-order valence-corrected chi connectivity index (χ3v) is 6.89. The summed E-state index contributed by atoms with van der Waals surface area (Å²) in [7, 11) is 0. The molecular weight excluding hydrogens is 451 g/mol. The first-order chi connectivity index (χ1) is 16.4. The van der Waals surface area contributed by atoms with E-state index in [0.29, 0.717) is 57.5 Å². The van der Waals surface area contributed by atoms with Crippen molar-refractivity contribution in [3.63, 3.8) is 0 Å². The van der Waals surface area contributed by atoms with Crippen LogP contribution in [0.15, 0.2) is 28.8 Å². The SMILES string of the molecule is O=C(N1CCOCC1)N1CC(c2ccc(C(F)(F)F)cc2)CC(c2noc(C3CCCN3)n2)C1. The fourth-order valence-corrected chi connectivity index (χ4v) is 5.03. The number of carbonyl (C=O) groups is 1. The van der Waals surface area contributed by atoms with E-state index in [9.17, 15) is 18.0 Å². The van der Waals surface area contributed by atoms with Crippen molar-refractivity contribution >= 4 is 6.03 Å². The van der Waals surface area contributed by atoms with Crippen LogP contribution in [0.25, 0.3) is 0 Å². The van der Waals surface area contributed by atoms with Gasteiger partial charge in [-0.2, -0.15) is 18.2 Å². The summed E-state index contributed by atoms with van der Waals surface area (Å²) in [5.41, 5.74) is 0.0791. The predicted octanol–water partition coefficient (Wildman–Crippen LogP) is 3.54. The molecule has 0 spiro atoms. The highest BCUT2D eigenvalue weighted by Crippen LogP contribution is 2.37. The third kappa shape index (κ3) is 4.90. The van der Waals surface area contributed by atoms with Gasteiger partial charge in [-0.15, -0.1) is 0 Å². The first-order valence-electron chi connectivity index (χ1n) is 11.7. The smallest absolute Gasteiger partial charge is 0.378 e. The minimum Gasteiger partial charge on any atom is -0.378 e. The van der Waals surface area contributed by atoms with Gasteiger partial charge in [-0.05, 0) is 43.5 Å². The molecule has 3 atom stereocenters. The average molecular weight is 480 g/mol. The number of hydrogen-bond acceptors (Lipinski definition) is 6. The van der Waals surface area contributed by atoms with Gasteiger partial charge in [0.05, 0.1) is 24.8 Å². The summed E-state index contributed by atoms with van der Waals surface area (Å²) in [6.45, 7) is 3.79. The zero-order valence-electron chi connectivity index (χ0n) is 18.8. The number of urea groups is 1. The quantitative estimate of drug-likeness (QED) is 0.725. The highest BCUT2D eigenvalue weighted by molar-refractivity contribution is 5.75. The molecule has 3 saturated heterocycles. The van der Waals surface area contributed by atoms with Crippen LogP contribution in [0.4, 0.5) is 18.0 Å². The number of aromatic nitrogens is 2. The summed E-state index contributed by atoms with van der Waals surface area (Å²) in [5, 5.41) is 7.56. The largest absolute Gasteiger partial charge is 0.416 e. The Hall–Kier alpha value is -2.66. The number of nitrogens with zero attached hydrogens (tertiary/aromatic N) is 4. The van der Waals surface area contributed by atoms with Gasteiger partial charge in [0.25, 0.3) is 0 Å². The lowest BCUT2D eigenvalue weighted by Crippen LogP contribution is -2.52. The van der Waals surface area contributed by atoms with Crippen molar-refractivity contribution in [2.75, 3.05) is 45.9 Å². The Kier molecular flexibility index (Phi) is 6.48. The molecule has 1 aromatic carbocycles. The molecule has 3 aliphatic heterocycles. The van der Waals surface area contributed by atoms with Gasteiger partial charge in [-0.25, -0.2) is 4.79 Å². The lowest BCUT2D eigenvalue weighted by Gasteiger charge is -2.40. The lowest BCUT2D eigenvalue weighted by atomic mass is 9.84. The van der Waals surface area contributed by atoms with Crippen LogP contribution in [0.3, 0.4) is 0 Å². The molecule has 2 aromatic rings. The number of piperidine rings is 1. The molecular formula is C23H28F3N5O3. The molecule has 1 aromatic heterocycles. The predicted molar refractivity (Wildman–Crippen MR) is 115 cm³/mol. The maximum atomic E-state index is 13.3. The van der Waals surface area contributed by atoms with Gasteiger partial charge < -0.3 is 24.4 Å². The third-order valence-electron chi connectivity index (χ3n) is 6.89. The summed E-state index contributed by atoms with van der Waals surface area (Å²) in [6, 6.07) is 5.18. The minimum atomic E-state index is -4.39. The monoisotopic (exact) mass is 479 g/mol. The van der Waals surface area contributed by atoms with E-state index in [4.69, 9.17) is 9.26 Å². The second-order valence-electron chi connectivity index (χ2n) is 9.18. The number of likely N-dealkylation sites (tertiary alicyclic amines) is 1. The van der Waals surface area contributed by atoms with Crippen molar-refractivity contribution in [3.05, 3.63) is 47.1 Å². The number of halogens is 3. The Morgan fingerprint density at radius 1 is 1.06 bits per heavy atom. The highest BCUT2D eigenvalue weighted by atomic mass is 19.4. The van der Waals surface area contributed by atoms with Crippen molar-refractivity contribution in [2.24, 2.45) is 0 Å². The molecule has 8 nitrogen and oxygen atoms in total. The van der Waals surface area contributed by atoms with Crippen LogP contribution >= 0.6 is 0 Å². The molecule has 2 amide bonds. The molecule has 0 saturated carbocycles. The van der Waals surface area contributed by atoms with E-state index in [2.05, 4.69) is 15.5 Å². The van der Waals surface area contributed by atoms with Crippen molar-refractivity contribution < 1.29 is 27.2 Å². The summed E-state index contributed by atoms with van der Waals surface area (Å²) >= 11 is 0. The zero-order chi connectivity index (χ0) is 23.7. The van der Waals surface area contributed by atoms with Gasteiger partial charge in [-0.3, -0.25) is 0 Å². The van der Waals surface area contributed by atoms with Gasteiger partial charge in [0.15, 0.2) is 5.82 Å². The van der Waals surface area contributed by atoms with Crippen LogP contribution in [-0.2, 0) is 10.9 Å². The number of alkyl halides is 3. The van der Waals surface area contributed by atoms with E-state index in [1.165, 1.54) is 12.1 Å². The minimum absolute atomic E-state index is 0.0432.